The van der Waals surface area contributed by atoms with E-state index in [1.165, 1.54) is 0 Å². The Morgan fingerprint density at radius 3 is 2.52 bits per heavy atom. The van der Waals surface area contributed by atoms with Crippen molar-refractivity contribution in [3.8, 4) is 0 Å². The second-order valence-electron chi connectivity index (χ2n) is 11.4. The molecule has 7 nitrogen and oxygen atoms in total. The summed E-state index contributed by atoms with van der Waals surface area (Å²) in [7, 11) is 3.71. The molecule has 1 aliphatic rings. The number of halogens is 2. The first kappa shape index (κ1) is 33.2. The molecule has 0 amide bonds. The van der Waals surface area contributed by atoms with E-state index in [1.807, 2.05) is 60.1 Å². The largest absolute Gasteiger partial charge is 0.489 e. The van der Waals surface area contributed by atoms with Crippen LogP contribution < -0.4 is 5.32 Å². The van der Waals surface area contributed by atoms with E-state index in [-0.39, 0.29) is 24.2 Å². The summed E-state index contributed by atoms with van der Waals surface area (Å²) in [4.78, 5) is 4.59. The van der Waals surface area contributed by atoms with Gasteiger partial charge in [0.15, 0.2) is 11.6 Å². The van der Waals surface area contributed by atoms with Crippen molar-refractivity contribution in [1.29, 1.82) is 0 Å². The van der Waals surface area contributed by atoms with Crippen LogP contribution in [0.3, 0.4) is 0 Å². The quantitative estimate of drug-likeness (QED) is 0.105. The lowest BCUT2D eigenvalue weighted by Crippen LogP contribution is -2.26. The van der Waals surface area contributed by atoms with Crippen LogP contribution in [0.25, 0.3) is 11.2 Å². The second-order valence-corrected chi connectivity index (χ2v) is 11.4. The van der Waals surface area contributed by atoms with Crippen LogP contribution in [0.1, 0.15) is 90.1 Å². The molecule has 0 radical (unpaired) electrons. The minimum Gasteiger partial charge on any atom is -0.489 e. The molecule has 1 saturated carbocycles. The van der Waals surface area contributed by atoms with Gasteiger partial charge in [0.1, 0.15) is 5.65 Å². The number of rotatable bonds is 14. The molecule has 9 heteroatoms. The number of aromatic nitrogens is 2. The number of aliphatic hydroxyl groups excluding tert-OH is 1. The Labute approximate surface area is 249 Å². The SMILES string of the molecule is C=C(F)/C(F)=C(OCC/C(C)=C(\C)N(C)/N=C(\C)C(O)C(C)C)\C(=C/C)c1ccc2ncc(CNC)n2c1C1CCC1. The van der Waals surface area contributed by atoms with Gasteiger partial charge in [0.25, 0.3) is 0 Å². The first-order valence-electron chi connectivity index (χ1n) is 14.7. The van der Waals surface area contributed by atoms with Crippen LogP contribution >= 0.6 is 0 Å². The molecule has 2 aromatic rings. The predicted molar refractivity (Wildman–Crippen MR) is 167 cm³/mol. The van der Waals surface area contributed by atoms with Gasteiger partial charge in [-0.25, -0.2) is 9.37 Å². The van der Waals surface area contributed by atoms with Crippen LogP contribution in [-0.4, -0.2) is 52.0 Å². The zero-order valence-corrected chi connectivity index (χ0v) is 26.4. The van der Waals surface area contributed by atoms with Crippen molar-refractivity contribution in [2.75, 3.05) is 20.7 Å². The lowest BCUT2D eigenvalue weighted by Gasteiger charge is -2.30. The summed E-state index contributed by atoms with van der Waals surface area (Å²) in [6.07, 6.45) is 6.62. The fourth-order valence-electron chi connectivity index (χ4n) is 5.19. The van der Waals surface area contributed by atoms with Crippen molar-refractivity contribution < 1.29 is 18.6 Å². The van der Waals surface area contributed by atoms with Gasteiger partial charge < -0.3 is 15.2 Å². The summed E-state index contributed by atoms with van der Waals surface area (Å²) in [5, 5.41) is 19.8. The summed E-state index contributed by atoms with van der Waals surface area (Å²) in [6, 6.07) is 3.84. The zero-order valence-electron chi connectivity index (χ0n) is 26.4. The number of nitrogens with zero attached hydrogens (tertiary/aromatic N) is 4. The maximum Gasteiger partial charge on any atom is 0.200 e. The fraction of sp³-hybridized carbons (Fsp3) is 0.515. The molecule has 0 aromatic carbocycles. The third kappa shape index (κ3) is 7.36. The normalized spacial score (nSPS) is 16.8. The molecule has 0 saturated heterocycles. The molecular weight excluding hydrogens is 536 g/mol. The highest BCUT2D eigenvalue weighted by atomic mass is 19.2. The van der Waals surface area contributed by atoms with Gasteiger partial charge in [-0.05, 0) is 71.2 Å². The maximum absolute atomic E-state index is 15.4. The van der Waals surface area contributed by atoms with Crippen molar-refractivity contribution in [1.82, 2.24) is 19.7 Å². The molecule has 2 heterocycles. The summed E-state index contributed by atoms with van der Waals surface area (Å²) < 4.78 is 37.9. The van der Waals surface area contributed by atoms with Crippen LogP contribution in [-0.2, 0) is 11.3 Å². The Hall–Kier alpha value is -3.30. The second kappa shape index (κ2) is 14.7. The summed E-state index contributed by atoms with van der Waals surface area (Å²) >= 11 is 0. The number of hydrogen-bond acceptors (Lipinski definition) is 6. The van der Waals surface area contributed by atoms with Gasteiger partial charge in [0, 0.05) is 48.5 Å². The first-order chi connectivity index (χ1) is 19.9. The number of nitrogens with one attached hydrogen (secondary N) is 1. The molecule has 1 aliphatic carbocycles. The van der Waals surface area contributed by atoms with Crippen LogP contribution in [0, 0.1) is 5.92 Å². The number of hydrogen-bond donors (Lipinski definition) is 2. The highest BCUT2D eigenvalue weighted by Gasteiger charge is 2.29. The Kier molecular flexibility index (Phi) is 11.7. The Morgan fingerprint density at radius 2 is 1.98 bits per heavy atom. The molecule has 1 atom stereocenters. The lowest BCUT2D eigenvalue weighted by atomic mass is 9.79. The average Bonchev–Trinajstić information content (AvgIpc) is 3.33. The van der Waals surface area contributed by atoms with E-state index in [0.717, 1.165) is 53.1 Å². The Balaban J connectivity index is 1.95. The van der Waals surface area contributed by atoms with Gasteiger partial charge in [-0.3, -0.25) is 9.41 Å². The molecule has 2 N–H and O–H groups in total. The van der Waals surface area contributed by atoms with Gasteiger partial charge >= 0.3 is 0 Å². The number of fused-ring (bicyclic) bond motifs is 1. The van der Waals surface area contributed by atoms with Crippen LogP contribution in [0.4, 0.5) is 8.78 Å². The smallest absolute Gasteiger partial charge is 0.200 e. The van der Waals surface area contributed by atoms with Gasteiger partial charge in [-0.1, -0.05) is 32.9 Å². The molecule has 1 fully saturated rings. The molecule has 0 aliphatic heterocycles. The van der Waals surface area contributed by atoms with Crippen LogP contribution in [0.2, 0.25) is 0 Å². The van der Waals surface area contributed by atoms with E-state index >= 15 is 4.39 Å². The van der Waals surface area contributed by atoms with Crippen molar-refractivity contribution in [3.05, 3.63) is 76.6 Å². The topological polar surface area (TPSA) is 74.4 Å². The van der Waals surface area contributed by atoms with Crippen molar-refractivity contribution in [2.45, 2.75) is 85.8 Å². The number of imidazole rings is 1. The standard InChI is InChI=1S/C33H47F2N5O2/c1-10-27(28-14-15-29-37-19-26(18-36-8)40(29)31(28)25-12-11-13-25)33(30(35)22(5)34)42-17-16-21(4)24(7)39(9)38-23(6)32(41)20(2)3/h10,14-15,19-20,25,32,36,41H,5,11-13,16-18H2,1-4,6-9H3/b24-21+,27-10-,33-30-,38-23+. The number of allylic oxidation sites excluding steroid dienone is 5. The lowest BCUT2D eigenvalue weighted by molar-refractivity contribution is 0.187. The highest BCUT2D eigenvalue weighted by molar-refractivity contribution is 5.86. The third-order valence-electron chi connectivity index (χ3n) is 8.08. The molecule has 2 aromatic heterocycles. The zero-order chi connectivity index (χ0) is 31.1. The summed E-state index contributed by atoms with van der Waals surface area (Å²) in [5.74, 6) is -2.11. The van der Waals surface area contributed by atoms with Gasteiger partial charge in [0.05, 0.1) is 30.3 Å². The molecule has 230 valence electrons. The van der Waals surface area contributed by atoms with Crippen molar-refractivity contribution >= 4 is 16.9 Å². The third-order valence-corrected chi connectivity index (χ3v) is 8.08. The fourth-order valence-corrected chi connectivity index (χ4v) is 5.19. The Morgan fingerprint density at radius 1 is 1.29 bits per heavy atom. The average molecular weight is 584 g/mol. The van der Waals surface area contributed by atoms with E-state index in [2.05, 4.69) is 26.4 Å². The van der Waals surface area contributed by atoms with E-state index in [4.69, 9.17) is 4.74 Å². The van der Waals surface area contributed by atoms with Crippen LogP contribution in [0.5, 0.6) is 0 Å². The number of aliphatic hydroxyl groups is 1. The highest BCUT2D eigenvalue weighted by Crippen LogP contribution is 2.43. The molecule has 3 rings (SSSR count). The molecule has 1 unspecified atom stereocenters. The number of hydrazone groups is 1. The van der Waals surface area contributed by atoms with Crippen molar-refractivity contribution in [3.63, 3.8) is 0 Å². The monoisotopic (exact) mass is 583 g/mol. The predicted octanol–water partition coefficient (Wildman–Crippen LogP) is 7.41. The van der Waals surface area contributed by atoms with Gasteiger partial charge in [0.2, 0.25) is 5.83 Å². The van der Waals surface area contributed by atoms with E-state index in [9.17, 15) is 9.50 Å². The minimum absolute atomic E-state index is 0.0568. The first-order valence-corrected chi connectivity index (χ1v) is 14.7. The van der Waals surface area contributed by atoms with E-state index < -0.39 is 17.8 Å². The summed E-state index contributed by atoms with van der Waals surface area (Å²) in [6.45, 7) is 15.3. The minimum atomic E-state index is -1.18. The van der Waals surface area contributed by atoms with Gasteiger partial charge in [-0.2, -0.15) is 9.49 Å². The molecular formula is C33H47F2N5O2. The summed E-state index contributed by atoms with van der Waals surface area (Å²) in [5.41, 5.74) is 6.63. The van der Waals surface area contributed by atoms with E-state index in [0.29, 0.717) is 24.3 Å². The maximum atomic E-state index is 15.4. The van der Waals surface area contributed by atoms with Crippen LogP contribution in [0.15, 0.2) is 64.8 Å². The molecule has 0 spiro atoms. The number of pyridine rings is 1. The molecule has 42 heavy (non-hydrogen) atoms. The van der Waals surface area contributed by atoms with Gasteiger partial charge in [-0.15, -0.1) is 0 Å². The number of ether oxygens (including phenoxy) is 1. The van der Waals surface area contributed by atoms with Crippen molar-refractivity contribution in [2.24, 2.45) is 11.0 Å². The molecule has 0 bridgehead atoms. The Bertz CT molecular complexity index is 1400. The van der Waals surface area contributed by atoms with E-state index in [1.54, 1.807) is 24.9 Å².